The molecule has 3 fully saturated rings. The maximum atomic E-state index is 13.6. The number of H-pyrrole nitrogens is 2. The maximum Gasteiger partial charge on any atom is 0.407 e. The number of nitrogens with zero attached hydrogens (tertiary/aromatic N) is 4. The molecule has 14 heteroatoms. The molecule has 2 aliphatic heterocycles. The van der Waals surface area contributed by atoms with Crippen molar-refractivity contribution in [3.63, 3.8) is 0 Å². The largest absolute Gasteiger partial charge is 0.453 e. The molecule has 0 radical (unpaired) electrons. The van der Waals surface area contributed by atoms with Gasteiger partial charge in [0.15, 0.2) is 0 Å². The highest BCUT2D eigenvalue weighted by Gasteiger charge is 2.41. The van der Waals surface area contributed by atoms with Crippen LogP contribution in [0.3, 0.4) is 0 Å². The average Bonchev–Trinajstić information content (AvgIpc) is 4.06. The Morgan fingerprint density at radius 2 is 1.11 bits per heavy atom. The van der Waals surface area contributed by atoms with Crippen LogP contribution in [0.1, 0.15) is 142 Å². The smallest absolute Gasteiger partial charge is 0.407 e. The number of methoxy groups -OCH3 is 2. The first-order valence-electron chi connectivity index (χ1n) is 20.1. The van der Waals surface area contributed by atoms with Crippen LogP contribution in [0, 0.1) is 35.5 Å². The van der Waals surface area contributed by atoms with E-state index < -0.39 is 24.3 Å². The molecule has 2 aromatic heterocycles. The van der Waals surface area contributed by atoms with Crippen LogP contribution < -0.4 is 10.6 Å². The van der Waals surface area contributed by atoms with Crippen molar-refractivity contribution >= 4 is 24.0 Å². The summed E-state index contributed by atoms with van der Waals surface area (Å²) < 4.78 is 9.53. The van der Waals surface area contributed by atoms with Gasteiger partial charge in [-0.05, 0) is 104 Å². The second-order valence-electron chi connectivity index (χ2n) is 16.2. The van der Waals surface area contributed by atoms with Gasteiger partial charge in [0.05, 0.1) is 38.7 Å². The molecule has 1 aromatic carbocycles. The summed E-state index contributed by atoms with van der Waals surface area (Å²) in [6, 6.07) is 2.28. The molecule has 4 aliphatic rings. The molecule has 14 nitrogen and oxygen atoms in total. The summed E-state index contributed by atoms with van der Waals surface area (Å²) >= 11 is 0. The summed E-state index contributed by atoms with van der Waals surface area (Å²) in [5, 5.41) is 5.39. The number of imidazole rings is 2. The zero-order chi connectivity index (χ0) is 40.4. The second-order valence-corrected chi connectivity index (χ2v) is 16.2. The fourth-order valence-electron chi connectivity index (χ4n) is 9.03. The Kier molecular flexibility index (Phi) is 11.6. The number of benzene rings is 1. The van der Waals surface area contributed by atoms with Gasteiger partial charge in [0, 0.05) is 24.2 Å². The van der Waals surface area contributed by atoms with Crippen LogP contribution in [-0.4, -0.2) is 93.1 Å². The molecule has 2 bridgehead atoms. The predicted octanol–water partition coefficient (Wildman–Crippen LogP) is 5.39. The van der Waals surface area contributed by atoms with Gasteiger partial charge in [0.1, 0.15) is 35.1 Å². The summed E-state index contributed by atoms with van der Waals surface area (Å²) in [6.07, 6.45) is 8.78. The second kappa shape index (κ2) is 16.8. The molecule has 2 saturated heterocycles. The van der Waals surface area contributed by atoms with Crippen molar-refractivity contribution in [2.75, 3.05) is 27.3 Å². The van der Waals surface area contributed by atoms with Gasteiger partial charge in [-0.1, -0.05) is 39.5 Å². The van der Waals surface area contributed by atoms with Crippen molar-refractivity contribution in [1.29, 1.82) is 0 Å². The van der Waals surface area contributed by atoms with Crippen molar-refractivity contribution in [2.45, 2.75) is 109 Å². The number of rotatable bonds is 8. The number of likely N-dealkylation sites (tertiary alicyclic amines) is 2. The third-order valence-electron chi connectivity index (χ3n) is 11.9. The number of nitrogens with one attached hydrogen (secondary N) is 4. The number of ether oxygens (including phenoxy) is 2. The van der Waals surface area contributed by atoms with Crippen LogP contribution in [0.25, 0.3) is 0 Å². The van der Waals surface area contributed by atoms with Crippen LogP contribution in [0.5, 0.6) is 0 Å². The number of hydrogen-bond donors (Lipinski definition) is 4. The van der Waals surface area contributed by atoms with E-state index in [1.807, 2.05) is 27.7 Å². The lowest BCUT2D eigenvalue weighted by atomic mass is 9.85. The quantitative estimate of drug-likeness (QED) is 0.221. The zero-order valence-electron chi connectivity index (χ0n) is 33.5. The van der Waals surface area contributed by atoms with E-state index in [1.165, 1.54) is 25.3 Å². The van der Waals surface area contributed by atoms with Gasteiger partial charge in [-0.15, -0.1) is 0 Å². The molecule has 3 aromatic rings. The number of hydrogen-bond acceptors (Lipinski definition) is 8. The number of alkyl carbamates (subject to hydrolysis) is 2. The van der Waals surface area contributed by atoms with Gasteiger partial charge in [0.25, 0.3) is 0 Å². The van der Waals surface area contributed by atoms with Crippen molar-refractivity contribution in [3.8, 4) is 23.7 Å². The van der Waals surface area contributed by atoms with Crippen molar-refractivity contribution in [1.82, 2.24) is 40.4 Å². The highest BCUT2D eigenvalue weighted by Crippen LogP contribution is 2.55. The third kappa shape index (κ3) is 8.09. The normalized spacial score (nSPS) is 21.7. The highest BCUT2D eigenvalue weighted by atomic mass is 16.5. The Morgan fingerprint density at radius 1 is 0.684 bits per heavy atom. The van der Waals surface area contributed by atoms with Gasteiger partial charge < -0.3 is 39.9 Å². The summed E-state index contributed by atoms with van der Waals surface area (Å²) in [7, 11) is 2.58. The van der Waals surface area contributed by atoms with Gasteiger partial charge in [0.2, 0.25) is 11.8 Å². The predicted molar refractivity (Wildman–Crippen MR) is 211 cm³/mol. The lowest BCUT2D eigenvalue weighted by molar-refractivity contribution is -0.136. The van der Waals surface area contributed by atoms with Gasteiger partial charge >= 0.3 is 12.2 Å². The molecule has 300 valence electrons. The van der Waals surface area contributed by atoms with Crippen LogP contribution in [-0.2, 0) is 19.1 Å². The fraction of sp³-hybridized carbons (Fsp3) is 0.535. The minimum Gasteiger partial charge on any atom is -0.453 e. The number of aromatic amines is 2. The lowest BCUT2D eigenvalue weighted by Crippen LogP contribution is -2.51. The van der Waals surface area contributed by atoms with E-state index >= 15 is 0 Å². The van der Waals surface area contributed by atoms with Crippen molar-refractivity contribution in [2.24, 2.45) is 11.8 Å². The summed E-state index contributed by atoms with van der Waals surface area (Å²) in [5.74, 6) is 15.2. The van der Waals surface area contributed by atoms with E-state index in [2.05, 4.69) is 66.4 Å². The van der Waals surface area contributed by atoms with Crippen LogP contribution in [0.15, 0.2) is 24.5 Å². The number of fused-ring (bicyclic) bond motifs is 5. The molecule has 57 heavy (non-hydrogen) atoms. The lowest BCUT2D eigenvalue weighted by Gasteiger charge is -2.29. The molecular formula is C43H52N8O6. The SMILES string of the molecule is COC(=O)N[C@H](C(=O)N1CCCC1c1ncc(C#Cc2ccc(C#Cc3cnc([C@H]4CCCN4C(=O)[C@@H](NC(=O)OC)C(C)C)[nH]3)c3c2C2CCC3C2)[nH]1)C(C)C. The molecule has 3 unspecified atom stereocenters. The average molecular weight is 777 g/mol. The standard InChI is InChI=1S/C43H52N8O6/c1-24(2)36(48-42(54)56-5)40(52)50-19-7-9-32(50)38-44-22-30(46-38)17-15-26-11-12-27(35-29-14-13-28(21-29)34(26)35)16-18-31-23-45-39(47-31)33-10-8-20-51(33)41(53)37(25(3)4)49-43(55)57-6/h11-12,22-25,28-29,32-33,36-37H,7-10,13-14,19-21H2,1-6H3,(H,44,46)(H,45,47)(H,48,54)(H,49,55)/t28?,29?,32-,33?,36+,37+/m1/s1. The third-order valence-corrected chi connectivity index (χ3v) is 11.9. The minimum absolute atomic E-state index is 0.113. The van der Waals surface area contributed by atoms with E-state index in [-0.39, 0.29) is 35.7 Å². The zero-order valence-corrected chi connectivity index (χ0v) is 33.5. The molecule has 2 aliphatic carbocycles. The van der Waals surface area contributed by atoms with Gasteiger partial charge in [-0.2, -0.15) is 0 Å². The van der Waals surface area contributed by atoms with E-state index in [9.17, 15) is 19.2 Å². The van der Waals surface area contributed by atoms with Crippen LogP contribution >= 0.6 is 0 Å². The molecule has 0 spiro atoms. The van der Waals surface area contributed by atoms with E-state index in [0.717, 1.165) is 56.1 Å². The summed E-state index contributed by atoms with van der Waals surface area (Å²) in [6.45, 7) is 8.76. The van der Waals surface area contributed by atoms with Crippen LogP contribution in [0.2, 0.25) is 0 Å². The minimum atomic E-state index is -0.698. The first-order chi connectivity index (χ1) is 27.5. The summed E-state index contributed by atoms with van der Waals surface area (Å²) in [5.41, 5.74) is 5.94. The van der Waals surface area contributed by atoms with Crippen LogP contribution in [0.4, 0.5) is 9.59 Å². The Labute approximate surface area is 333 Å². The van der Waals surface area contributed by atoms with Crippen molar-refractivity contribution < 1.29 is 28.7 Å². The highest BCUT2D eigenvalue weighted by molar-refractivity contribution is 5.87. The Hall–Kier alpha value is -5.76. The molecule has 7 rings (SSSR count). The van der Waals surface area contributed by atoms with E-state index in [4.69, 9.17) is 9.47 Å². The molecule has 1 saturated carbocycles. The number of carbonyl (C=O) groups excluding carboxylic acids is 4. The molecule has 4 heterocycles. The molecule has 4 N–H and O–H groups in total. The van der Waals surface area contributed by atoms with E-state index in [1.54, 1.807) is 22.2 Å². The Morgan fingerprint density at radius 3 is 1.49 bits per heavy atom. The molecule has 4 amide bonds. The van der Waals surface area contributed by atoms with Gasteiger partial charge in [-0.3, -0.25) is 9.59 Å². The Balaban J connectivity index is 1.07. The monoisotopic (exact) mass is 776 g/mol. The number of amides is 4. The van der Waals surface area contributed by atoms with E-state index in [0.29, 0.717) is 48.0 Å². The number of aromatic nitrogens is 4. The first kappa shape index (κ1) is 39.5. The maximum absolute atomic E-state index is 13.6. The molecular weight excluding hydrogens is 725 g/mol. The first-order valence-corrected chi connectivity index (χ1v) is 20.1. The number of carbonyl (C=O) groups is 4. The van der Waals surface area contributed by atoms with Crippen molar-refractivity contribution in [3.05, 3.63) is 69.8 Å². The summed E-state index contributed by atoms with van der Waals surface area (Å²) in [4.78, 5) is 70.7. The Bertz CT molecular complexity index is 2000. The fourth-order valence-corrected chi connectivity index (χ4v) is 9.03. The molecule has 6 atom stereocenters. The topological polar surface area (TPSA) is 175 Å². The van der Waals surface area contributed by atoms with Gasteiger partial charge in [-0.25, -0.2) is 19.6 Å².